The molecule has 2 rings (SSSR count). The minimum Gasteiger partial charge on any atom is -0.295 e. The van der Waals surface area contributed by atoms with Crippen molar-refractivity contribution < 1.29 is 13.2 Å². The minimum atomic E-state index is -4.41. The zero-order valence-corrected chi connectivity index (χ0v) is 12.1. The van der Waals surface area contributed by atoms with Gasteiger partial charge >= 0.3 is 6.18 Å². The van der Waals surface area contributed by atoms with Gasteiger partial charge in [0.15, 0.2) is 4.47 Å². The van der Waals surface area contributed by atoms with Crippen molar-refractivity contribution in [2.75, 3.05) is 0 Å². The molecule has 0 aliphatic carbocycles. The Hall–Kier alpha value is -1.11. The SMILES string of the molecule is C[C@@](NCc1cnc(Cl)s1)(c1ccccc1)C(F)(F)F. The first kappa shape index (κ1) is 15.3. The smallest absolute Gasteiger partial charge is 0.295 e. The van der Waals surface area contributed by atoms with Crippen molar-refractivity contribution in [2.45, 2.75) is 25.2 Å². The summed E-state index contributed by atoms with van der Waals surface area (Å²) >= 11 is 6.83. The van der Waals surface area contributed by atoms with Crippen molar-refractivity contribution in [1.82, 2.24) is 10.3 Å². The second kappa shape index (κ2) is 5.71. The molecule has 0 aliphatic rings. The summed E-state index contributed by atoms with van der Waals surface area (Å²) in [5.41, 5.74) is -1.95. The van der Waals surface area contributed by atoms with Crippen molar-refractivity contribution in [1.29, 1.82) is 0 Å². The van der Waals surface area contributed by atoms with Crippen LogP contribution < -0.4 is 5.32 Å². The van der Waals surface area contributed by atoms with Crippen LogP contribution in [-0.2, 0) is 12.1 Å². The van der Waals surface area contributed by atoms with Crippen molar-refractivity contribution in [2.24, 2.45) is 0 Å². The van der Waals surface area contributed by atoms with Crippen molar-refractivity contribution >= 4 is 22.9 Å². The molecular formula is C13H12ClF3N2S. The van der Waals surface area contributed by atoms with Gasteiger partial charge in [0, 0.05) is 17.6 Å². The first-order valence-corrected chi connectivity index (χ1v) is 7.00. The maximum atomic E-state index is 13.4. The van der Waals surface area contributed by atoms with Crippen molar-refractivity contribution in [3.8, 4) is 0 Å². The Balaban J connectivity index is 2.25. The van der Waals surface area contributed by atoms with Crippen LogP contribution in [0.15, 0.2) is 36.5 Å². The second-order valence-electron chi connectivity index (χ2n) is 4.42. The minimum absolute atomic E-state index is 0.0509. The summed E-state index contributed by atoms with van der Waals surface area (Å²) in [5.74, 6) is 0. The fourth-order valence-corrected chi connectivity index (χ4v) is 2.68. The summed E-state index contributed by atoms with van der Waals surface area (Å²) < 4.78 is 40.5. The highest BCUT2D eigenvalue weighted by Gasteiger charge is 2.51. The van der Waals surface area contributed by atoms with Gasteiger partial charge in [-0.25, -0.2) is 4.98 Å². The van der Waals surface area contributed by atoms with E-state index in [1.165, 1.54) is 18.3 Å². The molecule has 0 aliphatic heterocycles. The third-order valence-corrected chi connectivity index (χ3v) is 4.17. The van der Waals surface area contributed by atoms with Crippen molar-refractivity contribution in [3.63, 3.8) is 0 Å². The Morgan fingerprint density at radius 1 is 1.25 bits per heavy atom. The summed E-state index contributed by atoms with van der Waals surface area (Å²) in [4.78, 5) is 4.47. The molecule has 1 heterocycles. The topological polar surface area (TPSA) is 24.9 Å². The molecule has 0 saturated carbocycles. The summed E-state index contributed by atoms with van der Waals surface area (Å²) in [6.45, 7) is 1.18. The van der Waals surface area contributed by atoms with E-state index in [0.29, 0.717) is 9.34 Å². The molecule has 0 radical (unpaired) electrons. The maximum absolute atomic E-state index is 13.4. The Kier molecular flexibility index (Phi) is 4.36. The predicted molar refractivity (Wildman–Crippen MR) is 73.8 cm³/mol. The Bertz CT molecular complexity index is 570. The van der Waals surface area contributed by atoms with E-state index in [2.05, 4.69) is 10.3 Å². The van der Waals surface area contributed by atoms with Gasteiger partial charge in [0.05, 0.1) is 0 Å². The molecule has 0 spiro atoms. The highest BCUT2D eigenvalue weighted by atomic mass is 35.5. The molecule has 1 N–H and O–H groups in total. The molecule has 0 fully saturated rings. The molecule has 2 aromatic rings. The summed E-state index contributed by atoms with van der Waals surface area (Å²) in [7, 11) is 0. The number of rotatable bonds is 4. The molecule has 7 heteroatoms. The zero-order chi connectivity index (χ0) is 14.8. The maximum Gasteiger partial charge on any atom is 0.410 e. The molecule has 108 valence electrons. The number of nitrogens with zero attached hydrogens (tertiary/aromatic N) is 1. The number of hydrogen-bond acceptors (Lipinski definition) is 3. The van der Waals surface area contributed by atoms with E-state index in [1.807, 2.05) is 0 Å². The van der Waals surface area contributed by atoms with Gasteiger partial charge in [0.25, 0.3) is 0 Å². The predicted octanol–water partition coefficient (Wildman–Crippen LogP) is 4.36. The van der Waals surface area contributed by atoms with Gasteiger partial charge < -0.3 is 0 Å². The van der Waals surface area contributed by atoms with E-state index in [9.17, 15) is 13.2 Å². The lowest BCUT2D eigenvalue weighted by molar-refractivity contribution is -0.196. The lowest BCUT2D eigenvalue weighted by Crippen LogP contribution is -2.51. The van der Waals surface area contributed by atoms with Crippen LogP contribution in [0.4, 0.5) is 13.2 Å². The van der Waals surface area contributed by atoms with Gasteiger partial charge in [-0.15, -0.1) is 11.3 Å². The Morgan fingerprint density at radius 3 is 2.40 bits per heavy atom. The van der Waals surface area contributed by atoms with Gasteiger partial charge in [-0.3, -0.25) is 5.32 Å². The van der Waals surface area contributed by atoms with E-state index < -0.39 is 11.7 Å². The van der Waals surface area contributed by atoms with Crippen LogP contribution in [0.1, 0.15) is 17.4 Å². The second-order valence-corrected chi connectivity index (χ2v) is 6.12. The van der Waals surface area contributed by atoms with Gasteiger partial charge in [0.2, 0.25) is 0 Å². The van der Waals surface area contributed by atoms with Gasteiger partial charge in [-0.1, -0.05) is 41.9 Å². The fourth-order valence-electron chi connectivity index (χ4n) is 1.77. The molecule has 2 nitrogen and oxygen atoms in total. The zero-order valence-electron chi connectivity index (χ0n) is 10.5. The van der Waals surface area contributed by atoms with Crippen LogP contribution >= 0.6 is 22.9 Å². The third kappa shape index (κ3) is 3.13. The number of alkyl halides is 3. The molecule has 0 unspecified atom stereocenters. The lowest BCUT2D eigenvalue weighted by Gasteiger charge is -2.33. The third-order valence-electron chi connectivity index (χ3n) is 3.06. The van der Waals surface area contributed by atoms with E-state index in [1.54, 1.807) is 18.2 Å². The highest BCUT2D eigenvalue weighted by molar-refractivity contribution is 7.15. The summed E-state index contributed by atoms with van der Waals surface area (Å²) in [6, 6.07) is 7.78. The normalized spacial score (nSPS) is 15.1. The molecule has 1 aromatic heterocycles. The van der Waals surface area contributed by atoms with Crippen LogP contribution in [0.2, 0.25) is 4.47 Å². The molecule has 1 aromatic carbocycles. The number of hydrogen-bond donors (Lipinski definition) is 1. The average molecular weight is 321 g/mol. The quantitative estimate of drug-likeness (QED) is 0.905. The van der Waals surface area contributed by atoms with Gasteiger partial charge in [-0.2, -0.15) is 13.2 Å². The number of benzene rings is 1. The number of halogens is 4. The standard InChI is InChI=1S/C13H12ClF3N2S/c1-12(13(15,16)17,9-5-3-2-4-6-9)19-8-10-7-18-11(14)20-10/h2-7,19H,8H2,1H3/t12-/m1/s1. The largest absolute Gasteiger partial charge is 0.410 e. The van der Waals surface area contributed by atoms with E-state index in [-0.39, 0.29) is 12.1 Å². The molecule has 0 bridgehead atoms. The molecule has 1 atom stereocenters. The monoisotopic (exact) mass is 320 g/mol. The molecule has 0 saturated heterocycles. The van der Waals surface area contributed by atoms with Crippen LogP contribution in [0, 0.1) is 0 Å². The fraction of sp³-hybridized carbons (Fsp3) is 0.308. The Labute approximate surface area is 123 Å². The highest BCUT2D eigenvalue weighted by Crippen LogP contribution is 2.39. The number of nitrogens with one attached hydrogen (secondary N) is 1. The summed E-state index contributed by atoms with van der Waals surface area (Å²) in [5, 5.41) is 2.57. The van der Waals surface area contributed by atoms with Crippen molar-refractivity contribution in [3.05, 3.63) is 51.4 Å². The summed E-state index contributed by atoms with van der Waals surface area (Å²) in [6.07, 6.45) is -2.94. The molecule has 0 amide bonds. The Morgan fingerprint density at radius 2 is 1.90 bits per heavy atom. The first-order valence-electron chi connectivity index (χ1n) is 5.80. The average Bonchev–Trinajstić information content (AvgIpc) is 2.81. The van der Waals surface area contributed by atoms with Crippen LogP contribution in [0.3, 0.4) is 0 Å². The van der Waals surface area contributed by atoms with E-state index in [0.717, 1.165) is 18.3 Å². The number of thiazole rings is 1. The van der Waals surface area contributed by atoms with Crippen LogP contribution in [0.25, 0.3) is 0 Å². The lowest BCUT2D eigenvalue weighted by atomic mass is 9.91. The number of aromatic nitrogens is 1. The van der Waals surface area contributed by atoms with Crippen LogP contribution in [-0.4, -0.2) is 11.2 Å². The first-order chi connectivity index (χ1) is 9.33. The molecule has 20 heavy (non-hydrogen) atoms. The van der Waals surface area contributed by atoms with Gasteiger partial charge in [0.1, 0.15) is 5.54 Å². The van der Waals surface area contributed by atoms with E-state index in [4.69, 9.17) is 11.6 Å². The van der Waals surface area contributed by atoms with E-state index >= 15 is 0 Å². The van der Waals surface area contributed by atoms with Crippen LogP contribution in [0.5, 0.6) is 0 Å². The molecular weight excluding hydrogens is 309 g/mol. The van der Waals surface area contributed by atoms with Gasteiger partial charge in [-0.05, 0) is 12.5 Å².